The minimum absolute atomic E-state index is 0.294. The fourth-order valence-corrected chi connectivity index (χ4v) is 1.53. The predicted octanol–water partition coefficient (Wildman–Crippen LogP) is 2.28. The second-order valence-corrected chi connectivity index (χ2v) is 4.81. The molecular weight excluding hydrogens is 214 g/mol. The molecule has 2 N–H and O–H groups in total. The van der Waals surface area contributed by atoms with Crippen molar-refractivity contribution in [2.45, 2.75) is 39.8 Å². The third-order valence-corrected chi connectivity index (χ3v) is 2.42. The van der Waals surface area contributed by atoms with Gasteiger partial charge in [0.1, 0.15) is 12.6 Å². The number of hydrogen-bond donors (Lipinski definition) is 1. The van der Waals surface area contributed by atoms with Gasteiger partial charge >= 0.3 is 5.97 Å². The van der Waals surface area contributed by atoms with Crippen LogP contribution in [0.1, 0.15) is 31.9 Å². The van der Waals surface area contributed by atoms with E-state index in [4.69, 9.17) is 10.5 Å². The van der Waals surface area contributed by atoms with Gasteiger partial charge in [-0.15, -0.1) is 0 Å². The van der Waals surface area contributed by atoms with Crippen LogP contribution in [0.3, 0.4) is 0 Å². The van der Waals surface area contributed by atoms with E-state index in [1.165, 1.54) is 5.56 Å². The van der Waals surface area contributed by atoms with Crippen molar-refractivity contribution in [3.05, 3.63) is 35.4 Å². The zero-order valence-electron chi connectivity index (χ0n) is 10.8. The van der Waals surface area contributed by atoms with Crippen molar-refractivity contribution in [3.8, 4) is 0 Å². The highest BCUT2D eigenvalue weighted by molar-refractivity contribution is 5.74. The summed E-state index contributed by atoms with van der Waals surface area (Å²) in [6.45, 7) is 6.30. The van der Waals surface area contributed by atoms with Crippen LogP contribution >= 0.6 is 0 Å². The molecule has 1 aromatic rings. The Hall–Kier alpha value is -1.35. The molecule has 0 heterocycles. The van der Waals surface area contributed by atoms with Crippen molar-refractivity contribution in [1.82, 2.24) is 0 Å². The highest BCUT2D eigenvalue weighted by Crippen LogP contribution is 2.10. The number of rotatable bonds is 5. The molecule has 1 atom stereocenters. The average Bonchev–Trinajstić information content (AvgIpc) is 2.26. The Morgan fingerprint density at radius 3 is 2.18 bits per heavy atom. The molecule has 3 heteroatoms. The Morgan fingerprint density at radius 2 is 1.71 bits per heavy atom. The summed E-state index contributed by atoms with van der Waals surface area (Å²) in [6.07, 6.45) is 1.07. The number of carbonyl (C=O) groups excluding carboxylic acids is 1. The second-order valence-electron chi connectivity index (χ2n) is 4.81. The zero-order valence-corrected chi connectivity index (χ0v) is 10.8. The van der Waals surface area contributed by atoms with Gasteiger partial charge in [-0.3, -0.25) is 4.79 Å². The predicted molar refractivity (Wildman–Crippen MR) is 68.4 cm³/mol. The van der Waals surface area contributed by atoms with Crippen LogP contribution in [-0.4, -0.2) is 12.0 Å². The topological polar surface area (TPSA) is 52.3 Å². The second kappa shape index (κ2) is 6.40. The Balaban J connectivity index is 2.48. The first-order chi connectivity index (χ1) is 7.99. The maximum absolute atomic E-state index is 11.2. The molecule has 0 spiro atoms. The molecule has 0 aliphatic heterocycles. The van der Waals surface area contributed by atoms with Gasteiger partial charge in [0.05, 0.1) is 0 Å². The van der Waals surface area contributed by atoms with Gasteiger partial charge in [0, 0.05) is 0 Å². The van der Waals surface area contributed by atoms with E-state index >= 15 is 0 Å². The minimum Gasteiger partial charge on any atom is -0.460 e. The molecule has 1 unspecified atom stereocenters. The molecule has 1 rings (SSSR count). The summed E-state index contributed by atoms with van der Waals surface area (Å²) >= 11 is 0. The molecule has 3 nitrogen and oxygen atoms in total. The van der Waals surface area contributed by atoms with E-state index in [0.29, 0.717) is 12.5 Å². The van der Waals surface area contributed by atoms with Gasteiger partial charge in [-0.2, -0.15) is 0 Å². The van der Waals surface area contributed by atoms with E-state index in [2.05, 4.69) is 26.0 Å². The average molecular weight is 235 g/mol. The summed E-state index contributed by atoms with van der Waals surface area (Å²) in [7, 11) is 0. The summed E-state index contributed by atoms with van der Waals surface area (Å²) < 4.78 is 5.05. The van der Waals surface area contributed by atoms with Crippen molar-refractivity contribution in [1.29, 1.82) is 0 Å². The van der Waals surface area contributed by atoms with Crippen molar-refractivity contribution in [3.63, 3.8) is 0 Å². The third kappa shape index (κ3) is 5.00. The van der Waals surface area contributed by atoms with E-state index < -0.39 is 6.04 Å². The molecule has 0 aromatic heterocycles. The highest BCUT2D eigenvalue weighted by atomic mass is 16.5. The number of ether oxygens (including phenoxy) is 1. The van der Waals surface area contributed by atoms with E-state index in [1.807, 2.05) is 12.1 Å². The molecule has 0 radical (unpaired) electrons. The fourth-order valence-electron chi connectivity index (χ4n) is 1.53. The first-order valence-corrected chi connectivity index (χ1v) is 5.99. The fraction of sp³-hybridized carbons (Fsp3) is 0.500. The van der Waals surface area contributed by atoms with E-state index in [-0.39, 0.29) is 5.97 Å². The Morgan fingerprint density at radius 1 is 1.18 bits per heavy atom. The van der Waals surface area contributed by atoms with Crippen molar-refractivity contribution in [2.24, 2.45) is 11.7 Å². The Bertz CT molecular complexity index is 355. The smallest absolute Gasteiger partial charge is 0.322 e. The lowest BCUT2D eigenvalue weighted by molar-refractivity contribution is -0.146. The molecule has 0 aliphatic rings. The third-order valence-electron chi connectivity index (χ3n) is 2.42. The van der Waals surface area contributed by atoms with E-state index in [9.17, 15) is 4.79 Å². The summed E-state index contributed by atoms with van der Waals surface area (Å²) in [5, 5.41) is 0. The molecule has 94 valence electrons. The van der Waals surface area contributed by atoms with Gasteiger partial charge in [0.25, 0.3) is 0 Å². The molecule has 0 saturated carbocycles. The molecule has 0 amide bonds. The normalized spacial score (nSPS) is 12.5. The SMILES string of the molecule is CC(C)Cc1ccc(COC(=O)C(C)N)cc1. The van der Waals surface area contributed by atoms with E-state index in [1.54, 1.807) is 6.92 Å². The first kappa shape index (κ1) is 13.7. The first-order valence-electron chi connectivity index (χ1n) is 5.99. The number of esters is 1. The van der Waals surface area contributed by atoms with Crippen molar-refractivity contribution in [2.75, 3.05) is 0 Å². The van der Waals surface area contributed by atoms with Crippen LogP contribution in [0.15, 0.2) is 24.3 Å². The van der Waals surface area contributed by atoms with Crippen molar-refractivity contribution < 1.29 is 9.53 Å². The van der Waals surface area contributed by atoms with Crippen LogP contribution in [0.2, 0.25) is 0 Å². The number of hydrogen-bond acceptors (Lipinski definition) is 3. The Labute approximate surface area is 103 Å². The number of carbonyl (C=O) groups is 1. The van der Waals surface area contributed by atoms with Crippen LogP contribution < -0.4 is 5.73 Å². The molecule has 0 aliphatic carbocycles. The van der Waals surface area contributed by atoms with Gasteiger partial charge in [-0.25, -0.2) is 0 Å². The maximum Gasteiger partial charge on any atom is 0.322 e. The molecule has 0 saturated heterocycles. The van der Waals surface area contributed by atoms with Crippen LogP contribution in [0.5, 0.6) is 0 Å². The molecule has 1 aromatic carbocycles. The van der Waals surface area contributed by atoms with Gasteiger partial charge in [0.2, 0.25) is 0 Å². The number of benzene rings is 1. The highest BCUT2D eigenvalue weighted by Gasteiger charge is 2.08. The Kier molecular flexibility index (Phi) is 5.16. The largest absolute Gasteiger partial charge is 0.460 e. The lowest BCUT2D eigenvalue weighted by Crippen LogP contribution is -2.28. The van der Waals surface area contributed by atoms with Crippen LogP contribution in [0, 0.1) is 5.92 Å². The van der Waals surface area contributed by atoms with Crippen LogP contribution in [0.4, 0.5) is 0 Å². The van der Waals surface area contributed by atoms with Crippen molar-refractivity contribution >= 4 is 5.97 Å². The molecule has 17 heavy (non-hydrogen) atoms. The molecule has 0 bridgehead atoms. The minimum atomic E-state index is -0.560. The quantitative estimate of drug-likeness (QED) is 0.796. The summed E-state index contributed by atoms with van der Waals surface area (Å²) in [6, 6.07) is 7.58. The van der Waals surface area contributed by atoms with Gasteiger partial charge in [-0.1, -0.05) is 38.1 Å². The van der Waals surface area contributed by atoms with E-state index in [0.717, 1.165) is 12.0 Å². The molecular formula is C14H21NO2. The van der Waals surface area contributed by atoms with Gasteiger partial charge < -0.3 is 10.5 Å². The lowest BCUT2D eigenvalue weighted by Gasteiger charge is -2.08. The molecule has 0 fully saturated rings. The van der Waals surface area contributed by atoms with Gasteiger partial charge in [-0.05, 0) is 30.4 Å². The monoisotopic (exact) mass is 235 g/mol. The van der Waals surface area contributed by atoms with Gasteiger partial charge in [0.15, 0.2) is 0 Å². The summed E-state index contributed by atoms with van der Waals surface area (Å²) in [4.78, 5) is 11.2. The lowest BCUT2D eigenvalue weighted by atomic mass is 10.0. The summed E-state index contributed by atoms with van der Waals surface area (Å²) in [5.74, 6) is 0.285. The zero-order chi connectivity index (χ0) is 12.8. The summed E-state index contributed by atoms with van der Waals surface area (Å²) in [5.41, 5.74) is 7.70. The standard InChI is InChI=1S/C14H21NO2/c1-10(2)8-12-4-6-13(7-5-12)9-17-14(16)11(3)15/h4-7,10-11H,8-9,15H2,1-3H3. The number of nitrogens with two attached hydrogens (primary N) is 1. The van der Waals surface area contributed by atoms with Crippen LogP contribution in [-0.2, 0) is 22.6 Å². The maximum atomic E-state index is 11.2. The van der Waals surface area contributed by atoms with Crippen LogP contribution in [0.25, 0.3) is 0 Å².